The van der Waals surface area contributed by atoms with Gasteiger partial charge in [0.05, 0.1) is 6.61 Å². The quantitative estimate of drug-likeness (QED) is 0.125. The van der Waals surface area contributed by atoms with Gasteiger partial charge in [0.1, 0.15) is 48.8 Å². The van der Waals surface area contributed by atoms with E-state index in [1.807, 2.05) is 0 Å². The van der Waals surface area contributed by atoms with Gasteiger partial charge in [0.25, 0.3) is 10.1 Å². The van der Waals surface area contributed by atoms with Crippen LogP contribution in [0.1, 0.15) is 6.92 Å². The molecular weight excluding hydrogens is 461 g/mol. The largest absolute Gasteiger partial charge is 1.00 e. The zero-order valence-corrected chi connectivity index (χ0v) is 19.3. The third-order valence-electron chi connectivity index (χ3n) is 4.73. The van der Waals surface area contributed by atoms with Crippen molar-refractivity contribution in [2.45, 2.75) is 73.7 Å². The minimum Gasteiger partial charge on any atom is -0.394 e. The molecule has 2 fully saturated rings. The Morgan fingerprint density at radius 3 is 2.13 bits per heavy atom. The molecule has 0 saturated carbocycles. The number of aliphatic hydroxyl groups is 7. The summed E-state index contributed by atoms with van der Waals surface area (Å²) in [7, 11) is -5.20. The van der Waals surface area contributed by atoms with Crippen LogP contribution in [0.25, 0.3) is 0 Å². The van der Waals surface area contributed by atoms with Gasteiger partial charge in [-0.05, 0) is 0 Å². The van der Waals surface area contributed by atoms with Crippen LogP contribution in [0.15, 0.2) is 0 Å². The normalized spacial score (nSPS) is 42.4. The Labute approximate surface area is 198 Å². The van der Waals surface area contributed by atoms with Crippen LogP contribution in [-0.2, 0) is 29.1 Å². The summed E-state index contributed by atoms with van der Waals surface area (Å²) in [6, 6.07) is -1.60. The predicted molar refractivity (Wildman–Crippen MR) is 90.7 cm³/mol. The molecule has 176 valence electrons. The van der Waals surface area contributed by atoms with Gasteiger partial charge >= 0.3 is 29.6 Å². The first-order valence-corrected chi connectivity index (χ1v) is 10.2. The number of nitrogens with one attached hydrogen (secondary N) is 1. The zero-order valence-electron chi connectivity index (χ0n) is 16.5. The summed E-state index contributed by atoms with van der Waals surface area (Å²) in [5.41, 5.74) is -2.74. The third-order valence-corrected chi connectivity index (χ3v) is 5.61. The summed E-state index contributed by atoms with van der Waals surface area (Å²) in [6.45, 7) is 0.213. The van der Waals surface area contributed by atoms with Crippen molar-refractivity contribution in [3.05, 3.63) is 0 Å². The molecule has 0 bridgehead atoms. The van der Waals surface area contributed by atoms with Gasteiger partial charge in [-0.25, -0.2) is 0 Å². The van der Waals surface area contributed by atoms with E-state index in [4.69, 9.17) is 18.8 Å². The molecule has 2 rings (SSSR count). The SMILES string of the molecule is CC(=O)NC1C(O)OC(C(O)S(=O)(=O)O)C(OC2OC(CO)C(O)C(O)C2O)C1O.[Na+]. The summed E-state index contributed by atoms with van der Waals surface area (Å²) in [4.78, 5) is 11.3. The maximum absolute atomic E-state index is 11.3. The number of amides is 1. The molecule has 11 unspecified atom stereocenters. The van der Waals surface area contributed by atoms with Crippen molar-refractivity contribution >= 4 is 16.0 Å². The van der Waals surface area contributed by atoms with Crippen LogP contribution < -0.4 is 34.9 Å². The Hall–Kier alpha value is -0.0200. The average molecular weight is 486 g/mol. The fourth-order valence-electron chi connectivity index (χ4n) is 3.17. The van der Waals surface area contributed by atoms with E-state index in [-0.39, 0.29) is 29.6 Å². The molecule has 15 nitrogen and oxygen atoms in total. The second kappa shape index (κ2) is 11.4. The Morgan fingerprint density at radius 2 is 1.65 bits per heavy atom. The first-order chi connectivity index (χ1) is 13.8. The van der Waals surface area contributed by atoms with Crippen LogP contribution in [0.3, 0.4) is 0 Å². The molecule has 0 radical (unpaired) electrons. The van der Waals surface area contributed by atoms with Gasteiger partial charge in [-0.2, -0.15) is 8.42 Å². The van der Waals surface area contributed by atoms with E-state index in [0.29, 0.717) is 0 Å². The van der Waals surface area contributed by atoms with E-state index in [2.05, 4.69) is 5.32 Å². The van der Waals surface area contributed by atoms with Crippen molar-refractivity contribution in [1.29, 1.82) is 0 Å². The second-order valence-electron chi connectivity index (χ2n) is 6.91. The molecular formula is C14H25NNaO14S+. The van der Waals surface area contributed by atoms with Crippen molar-refractivity contribution in [2.24, 2.45) is 0 Å². The van der Waals surface area contributed by atoms with Crippen LogP contribution in [0.5, 0.6) is 0 Å². The fourth-order valence-corrected chi connectivity index (χ4v) is 3.73. The maximum Gasteiger partial charge on any atom is 1.00 e. The Morgan fingerprint density at radius 1 is 1.06 bits per heavy atom. The van der Waals surface area contributed by atoms with Gasteiger partial charge in [0, 0.05) is 6.92 Å². The van der Waals surface area contributed by atoms with E-state index in [1.54, 1.807) is 0 Å². The number of hydrogen-bond acceptors (Lipinski definition) is 13. The number of ether oxygens (including phenoxy) is 3. The second-order valence-corrected chi connectivity index (χ2v) is 8.42. The third kappa shape index (κ3) is 6.52. The molecule has 0 aromatic rings. The molecule has 11 atom stereocenters. The zero-order chi connectivity index (χ0) is 23.0. The number of carbonyl (C=O) groups excluding carboxylic acids is 1. The minimum absolute atomic E-state index is 0. The molecule has 2 heterocycles. The van der Waals surface area contributed by atoms with E-state index < -0.39 is 89.4 Å². The number of aliphatic hydroxyl groups excluding tert-OH is 7. The van der Waals surface area contributed by atoms with Crippen LogP contribution in [0.4, 0.5) is 0 Å². The maximum atomic E-state index is 11.3. The van der Waals surface area contributed by atoms with E-state index in [1.165, 1.54) is 0 Å². The van der Waals surface area contributed by atoms with Crippen molar-refractivity contribution in [3.63, 3.8) is 0 Å². The first-order valence-electron chi connectivity index (χ1n) is 8.68. The fraction of sp³-hybridized carbons (Fsp3) is 0.929. The van der Waals surface area contributed by atoms with Crippen LogP contribution in [-0.4, -0.2) is 128 Å². The van der Waals surface area contributed by atoms with E-state index in [0.717, 1.165) is 6.92 Å². The van der Waals surface area contributed by atoms with Gasteiger partial charge in [0.15, 0.2) is 12.6 Å². The van der Waals surface area contributed by atoms with Gasteiger partial charge in [0.2, 0.25) is 11.3 Å². The molecule has 0 aliphatic carbocycles. The van der Waals surface area contributed by atoms with Crippen molar-refractivity contribution in [2.75, 3.05) is 6.61 Å². The topological polar surface area (TPSA) is 253 Å². The molecule has 0 aromatic carbocycles. The smallest absolute Gasteiger partial charge is 0.394 e. The van der Waals surface area contributed by atoms with E-state index in [9.17, 15) is 49.0 Å². The Bertz CT molecular complexity index is 709. The first kappa shape index (κ1) is 29.0. The standard InChI is InChI=1S/C14H25NO14S.Na/c1-3(17)15-5-7(19)10(11(28-12(5)22)13(23)30(24,25)26)29-14-9(21)8(20)6(18)4(2-16)27-14;/h4-14,16,18-23H,2H2,1H3,(H,15,17)(H,24,25,26);/q;+1. The average Bonchev–Trinajstić information content (AvgIpc) is 2.65. The van der Waals surface area contributed by atoms with Gasteiger partial charge in [-0.3, -0.25) is 9.35 Å². The molecule has 17 heteroatoms. The summed E-state index contributed by atoms with van der Waals surface area (Å²) < 4.78 is 47.1. The Balaban J connectivity index is 0.00000480. The minimum atomic E-state index is -5.20. The van der Waals surface area contributed by atoms with Crippen LogP contribution >= 0.6 is 0 Å². The predicted octanol–water partition coefficient (Wildman–Crippen LogP) is -9.04. The summed E-state index contributed by atoms with van der Waals surface area (Å²) in [5, 5.41) is 71.4. The molecule has 1 amide bonds. The molecule has 9 N–H and O–H groups in total. The summed E-state index contributed by atoms with van der Waals surface area (Å²) in [6.07, 6.45) is -17.1. The molecule has 0 aromatic heterocycles. The number of hydrogen-bond donors (Lipinski definition) is 9. The number of rotatable bonds is 6. The van der Waals surface area contributed by atoms with Crippen molar-refractivity contribution < 1.29 is 97.3 Å². The van der Waals surface area contributed by atoms with Crippen molar-refractivity contribution in [1.82, 2.24) is 5.32 Å². The number of carbonyl (C=O) groups is 1. The van der Waals surface area contributed by atoms with Crippen LogP contribution in [0.2, 0.25) is 0 Å². The molecule has 31 heavy (non-hydrogen) atoms. The van der Waals surface area contributed by atoms with Gasteiger partial charge in [-0.15, -0.1) is 0 Å². The van der Waals surface area contributed by atoms with Gasteiger partial charge in [-0.1, -0.05) is 0 Å². The molecule has 2 aliphatic heterocycles. The van der Waals surface area contributed by atoms with Crippen molar-refractivity contribution in [3.8, 4) is 0 Å². The Kier molecular flexibility index (Phi) is 10.7. The van der Waals surface area contributed by atoms with Gasteiger partial charge < -0.3 is 55.3 Å². The summed E-state index contributed by atoms with van der Waals surface area (Å²) >= 11 is 0. The summed E-state index contributed by atoms with van der Waals surface area (Å²) in [5.74, 6) is -0.734. The molecule has 2 aliphatic rings. The molecule has 2 saturated heterocycles. The van der Waals surface area contributed by atoms with Crippen LogP contribution in [0, 0.1) is 0 Å². The monoisotopic (exact) mass is 486 g/mol. The molecule has 0 spiro atoms. The van der Waals surface area contributed by atoms with E-state index >= 15 is 0 Å².